The van der Waals surface area contributed by atoms with Crippen LogP contribution < -0.4 is 0 Å². The Morgan fingerprint density at radius 2 is 0.407 bits per heavy atom. The Hall–Kier alpha value is -16.4. The molecular weight excluding hydrogens is 1490 g/mol. The molecule has 0 spiro atoms. The molecule has 576 valence electrons. The first-order valence-corrected chi connectivity index (χ1v) is 41.7. The number of benzene rings is 18. The van der Waals surface area contributed by atoms with E-state index in [1.165, 1.54) is 0 Å². The second-order valence-corrected chi connectivity index (χ2v) is 31.4. The molecular formula is C115H76N8. The lowest BCUT2D eigenvalue weighted by Gasteiger charge is -2.15. The van der Waals surface area contributed by atoms with Crippen molar-refractivity contribution in [1.29, 1.82) is 0 Å². The molecule has 0 radical (unpaired) electrons. The summed E-state index contributed by atoms with van der Waals surface area (Å²) in [5.74, 6) is 3.30. The molecule has 8 nitrogen and oxygen atoms in total. The fraction of sp³-hybridized carbons (Fsp3) is 0.00870. The summed E-state index contributed by atoms with van der Waals surface area (Å²) in [4.78, 5) is 33.6. The van der Waals surface area contributed by atoms with Crippen LogP contribution in [0.25, 0.3) is 229 Å². The van der Waals surface area contributed by atoms with Crippen LogP contribution in [-0.4, -0.2) is 39.0 Å². The van der Waals surface area contributed by atoms with Gasteiger partial charge in [0.05, 0.1) is 22.1 Å². The van der Waals surface area contributed by atoms with Gasteiger partial charge in [0.25, 0.3) is 0 Å². The Kier molecular flexibility index (Phi) is 18.7. The van der Waals surface area contributed by atoms with E-state index < -0.39 is 0 Å². The van der Waals surface area contributed by atoms with Crippen LogP contribution in [0.1, 0.15) is 0 Å². The van der Waals surface area contributed by atoms with Crippen molar-refractivity contribution in [2.45, 2.75) is 0 Å². The van der Waals surface area contributed by atoms with Crippen LogP contribution >= 0.6 is 0 Å². The number of aryl methyl sites for hydroxylation is 1. The maximum absolute atomic E-state index is 5.64. The molecule has 4 aromatic heterocycles. The van der Waals surface area contributed by atoms with E-state index >= 15 is 0 Å². The van der Waals surface area contributed by atoms with Crippen LogP contribution in [0.4, 0.5) is 0 Å². The Labute approximate surface area is 713 Å². The van der Waals surface area contributed by atoms with Crippen molar-refractivity contribution < 1.29 is 0 Å². The van der Waals surface area contributed by atoms with Crippen molar-refractivity contribution in [3.8, 4) is 185 Å². The van der Waals surface area contributed by atoms with Crippen LogP contribution in [0.5, 0.6) is 0 Å². The van der Waals surface area contributed by atoms with Crippen molar-refractivity contribution in [2.75, 3.05) is 0 Å². The van der Waals surface area contributed by atoms with E-state index in [1.807, 2.05) is 0 Å². The van der Waals surface area contributed by atoms with E-state index in [0.717, 1.165) is 194 Å². The van der Waals surface area contributed by atoms with E-state index in [1.54, 1.807) is 0 Å². The van der Waals surface area contributed by atoms with E-state index in [2.05, 4.69) is 459 Å². The second-order valence-electron chi connectivity index (χ2n) is 31.4. The monoisotopic (exact) mass is 1570 g/mol. The molecule has 0 aliphatic carbocycles. The van der Waals surface area contributed by atoms with Gasteiger partial charge in [0.1, 0.15) is 0 Å². The van der Waals surface area contributed by atoms with Crippen LogP contribution in [0.3, 0.4) is 0 Å². The molecule has 4 heterocycles. The summed E-state index contributed by atoms with van der Waals surface area (Å²) in [6.07, 6.45) is 0. The van der Waals surface area contributed by atoms with Crippen molar-refractivity contribution in [1.82, 2.24) is 39.0 Å². The number of nitrogens with zero attached hydrogens (tertiary/aromatic N) is 8. The third kappa shape index (κ3) is 14.0. The van der Waals surface area contributed by atoms with Gasteiger partial charge >= 0.3 is 0 Å². The molecule has 8 heteroatoms. The molecule has 0 fully saturated rings. The van der Waals surface area contributed by atoms with Gasteiger partial charge in [0, 0.05) is 78.8 Å². The van der Waals surface area contributed by atoms with Gasteiger partial charge in [0.15, 0.2) is 34.9 Å². The van der Waals surface area contributed by atoms with Gasteiger partial charge in [0.2, 0.25) is 0 Å². The first-order valence-electron chi connectivity index (χ1n) is 41.7. The summed E-state index contributed by atoms with van der Waals surface area (Å²) < 4.78 is 4.90. The molecule has 123 heavy (non-hydrogen) atoms. The van der Waals surface area contributed by atoms with Crippen molar-refractivity contribution >= 4 is 43.6 Å². The lowest BCUT2D eigenvalue weighted by atomic mass is 9.95. The Balaban J connectivity index is 0.753. The van der Waals surface area contributed by atoms with Crippen LogP contribution in [0.15, 0.2) is 443 Å². The average Bonchev–Trinajstić information content (AvgIpc) is 1.53. The van der Waals surface area contributed by atoms with E-state index in [0.29, 0.717) is 34.9 Å². The van der Waals surface area contributed by atoms with E-state index in [9.17, 15) is 0 Å². The summed E-state index contributed by atoms with van der Waals surface area (Å²) >= 11 is 0. The molecule has 0 amide bonds. The molecule has 22 aromatic rings. The van der Waals surface area contributed by atoms with Gasteiger partial charge in [-0.15, -0.1) is 0 Å². The summed E-state index contributed by atoms with van der Waals surface area (Å²) in [7, 11) is 2.24. The quantitative estimate of drug-likeness (QED) is 0.0903. The van der Waals surface area contributed by atoms with Crippen molar-refractivity contribution in [3.05, 3.63) is 443 Å². The van der Waals surface area contributed by atoms with E-state index in [4.69, 9.17) is 29.9 Å². The highest BCUT2D eigenvalue weighted by Crippen LogP contribution is 2.49. The minimum atomic E-state index is 0.541. The van der Waals surface area contributed by atoms with E-state index in [-0.39, 0.29) is 0 Å². The number of hydrogen-bond acceptors (Lipinski definition) is 6. The molecule has 0 unspecified atom stereocenters. The van der Waals surface area contributed by atoms with Crippen LogP contribution in [-0.2, 0) is 7.05 Å². The fourth-order valence-corrected chi connectivity index (χ4v) is 17.8. The van der Waals surface area contributed by atoms with Gasteiger partial charge in [-0.1, -0.05) is 334 Å². The first kappa shape index (κ1) is 73.0. The molecule has 0 N–H and O–H groups in total. The summed E-state index contributed by atoms with van der Waals surface area (Å²) in [5.41, 5.74) is 31.9. The fourth-order valence-electron chi connectivity index (χ4n) is 17.8. The summed E-state index contributed by atoms with van der Waals surface area (Å²) in [5, 5.41) is 4.50. The highest BCUT2D eigenvalue weighted by Gasteiger charge is 2.27. The minimum absolute atomic E-state index is 0.541. The highest BCUT2D eigenvalue weighted by molar-refractivity contribution is 6.30. The standard InChI is InChI=1S/C115H76N8/c1-122-107-100(83-50-31-52-85(60-83)110-116-112(95-66-87(75-34-11-2-12-35-75)62-88(67-95)76-36-13-3-14-37-76)120-113(117-110)96-68-89(77-38-15-4-16-39-77)63-90(69-96)78-40-17-5-18-41-78)57-33-58-102(107)106-108(122)103(74-104-101-56-29-30-59-105(101)123(109(104)106)99-54-27-10-28-55-99)84-51-32-53-86(61-84)111-118-114(97-70-91(79-42-19-6-20-43-79)64-92(71-97)80-44-21-7-22-45-80)121-115(119-111)98-72-93(81-46-23-8-24-47-81)65-94(73-98)82-48-25-9-26-49-82/h2-74H,1H3. The zero-order valence-corrected chi connectivity index (χ0v) is 67.2. The molecule has 0 atom stereocenters. The van der Waals surface area contributed by atoms with Gasteiger partial charge in [-0.25, -0.2) is 29.9 Å². The third-order valence-corrected chi connectivity index (χ3v) is 23.7. The summed E-state index contributed by atoms with van der Waals surface area (Å²) in [6.45, 7) is 0. The molecule has 0 aliphatic rings. The number of hydrogen-bond donors (Lipinski definition) is 0. The molecule has 18 aromatic carbocycles. The second kappa shape index (κ2) is 31.5. The Morgan fingerprint density at radius 3 is 0.740 bits per heavy atom. The lowest BCUT2D eigenvalue weighted by molar-refractivity contribution is 1.02. The molecule has 22 rings (SSSR count). The normalized spacial score (nSPS) is 11.5. The lowest BCUT2D eigenvalue weighted by Crippen LogP contribution is -2.01. The maximum atomic E-state index is 5.64. The van der Waals surface area contributed by atoms with Crippen LogP contribution in [0.2, 0.25) is 0 Å². The topological polar surface area (TPSA) is 87.2 Å². The number of para-hydroxylation sites is 3. The van der Waals surface area contributed by atoms with Crippen molar-refractivity contribution in [3.63, 3.8) is 0 Å². The van der Waals surface area contributed by atoms with Gasteiger partial charge < -0.3 is 9.13 Å². The highest BCUT2D eigenvalue weighted by atomic mass is 15.0. The molecule has 0 bridgehead atoms. The SMILES string of the molecule is Cn1c2c(-c3cccc(-c4nc(-c5cc(-c6ccccc6)cc(-c6ccccc6)c5)nc(-c5cc(-c6ccccc6)cc(-c6ccccc6)c5)n4)c3)cccc2c2c1c(-c1cccc(-c3nc(-c4cc(-c5ccccc5)cc(-c5ccccc5)c4)nc(-c4cc(-c5ccccc5)cc(-c5ccccc5)c4)n3)c1)cc1c3ccccc3n(-c3ccccc3)c12. The Bertz CT molecular complexity index is 7230. The zero-order chi connectivity index (χ0) is 81.7. The largest absolute Gasteiger partial charge is 0.343 e. The number of rotatable bonds is 17. The van der Waals surface area contributed by atoms with Gasteiger partial charge in [-0.3, -0.25) is 0 Å². The predicted octanol–water partition coefficient (Wildman–Crippen LogP) is 29.5. The minimum Gasteiger partial charge on any atom is -0.343 e. The average molecular weight is 1570 g/mol. The maximum Gasteiger partial charge on any atom is 0.164 e. The molecule has 0 saturated carbocycles. The number of aromatic nitrogens is 8. The predicted molar refractivity (Wildman–Crippen MR) is 509 cm³/mol. The number of fused-ring (bicyclic) bond motifs is 7. The molecule has 0 saturated heterocycles. The summed E-state index contributed by atoms with van der Waals surface area (Å²) in [6, 6.07) is 158. The van der Waals surface area contributed by atoms with Crippen LogP contribution in [0, 0.1) is 0 Å². The smallest absolute Gasteiger partial charge is 0.164 e. The zero-order valence-electron chi connectivity index (χ0n) is 67.2. The third-order valence-electron chi connectivity index (χ3n) is 23.7. The van der Waals surface area contributed by atoms with Gasteiger partial charge in [-0.05, 0) is 209 Å². The van der Waals surface area contributed by atoms with Gasteiger partial charge in [-0.2, -0.15) is 0 Å². The first-order chi connectivity index (χ1) is 60.8. The Morgan fingerprint density at radius 1 is 0.163 bits per heavy atom. The molecule has 0 aliphatic heterocycles. The van der Waals surface area contributed by atoms with Crippen molar-refractivity contribution in [2.24, 2.45) is 7.05 Å².